The van der Waals surface area contributed by atoms with Gasteiger partial charge in [0.15, 0.2) is 0 Å². The third-order valence-corrected chi connectivity index (χ3v) is 5.70. The highest BCUT2D eigenvalue weighted by atomic mass is 32.2. The Morgan fingerprint density at radius 1 is 1.37 bits per heavy atom. The monoisotopic (exact) mass is 301 g/mol. The van der Waals surface area contributed by atoms with Crippen LogP contribution in [0.1, 0.15) is 17.5 Å². The number of sulfonamides is 1. The molecule has 6 heteroatoms. The van der Waals surface area contributed by atoms with Gasteiger partial charge in [0.25, 0.3) is 0 Å². The van der Waals surface area contributed by atoms with Crippen LogP contribution in [0.15, 0.2) is 24.3 Å². The fraction of sp³-hybridized carbons (Fsp3) is 0.538. The first kappa shape index (κ1) is 14.8. The first-order valence-corrected chi connectivity index (χ1v) is 9.13. The molecule has 0 radical (unpaired) electrons. The molecule has 1 aliphatic heterocycles. The third-order valence-electron chi connectivity index (χ3n) is 3.15. The van der Waals surface area contributed by atoms with Gasteiger partial charge in [0.05, 0.1) is 12.4 Å². The molecule has 1 unspecified atom stereocenters. The van der Waals surface area contributed by atoms with Crippen LogP contribution in [-0.4, -0.2) is 31.6 Å². The van der Waals surface area contributed by atoms with E-state index in [0.29, 0.717) is 18.0 Å². The summed E-state index contributed by atoms with van der Waals surface area (Å²) in [6, 6.07) is 7.04. The van der Waals surface area contributed by atoms with Gasteiger partial charge in [-0.25, -0.2) is 13.1 Å². The Morgan fingerprint density at radius 2 is 2.16 bits per heavy atom. The minimum absolute atomic E-state index is 0.0271. The highest BCUT2D eigenvalue weighted by Gasteiger charge is 2.19. The van der Waals surface area contributed by atoms with Crippen molar-refractivity contribution in [2.75, 3.05) is 18.1 Å². The Kier molecular flexibility index (Phi) is 5.27. The molecule has 19 heavy (non-hydrogen) atoms. The van der Waals surface area contributed by atoms with Gasteiger partial charge in [-0.3, -0.25) is 0 Å². The normalized spacial score (nSPS) is 19.7. The smallest absolute Gasteiger partial charge is 0.215 e. The number of aliphatic hydroxyl groups excluding tert-OH is 1. The predicted molar refractivity (Wildman–Crippen MR) is 78.4 cm³/mol. The quantitative estimate of drug-likeness (QED) is 0.832. The summed E-state index contributed by atoms with van der Waals surface area (Å²) in [4.78, 5) is 0. The van der Waals surface area contributed by atoms with E-state index in [1.807, 2.05) is 11.8 Å². The van der Waals surface area contributed by atoms with Crippen molar-refractivity contribution in [3.8, 4) is 0 Å². The lowest BCUT2D eigenvalue weighted by Gasteiger charge is -2.11. The van der Waals surface area contributed by atoms with Gasteiger partial charge >= 0.3 is 0 Å². The number of nitrogens with one attached hydrogen (secondary N) is 1. The lowest BCUT2D eigenvalue weighted by atomic mass is 10.1. The van der Waals surface area contributed by atoms with Crippen LogP contribution in [0.25, 0.3) is 0 Å². The predicted octanol–water partition coefficient (Wildman–Crippen LogP) is 1.35. The van der Waals surface area contributed by atoms with Gasteiger partial charge in [-0.05, 0) is 35.0 Å². The van der Waals surface area contributed by atoms with Crippen molar-refractivity contribution in [1.82, 2.24) is 4.72 Å². The van der Waals surface area contributed by atoms with Crippen LogP contribution in [0.3, 0.4) is 0 Å². The maximum Gasteiger partial charge on any atom is 0.215 e. The number of thioether (sulfide) groups is 1. The first-order chi connectivity index (χ1) is 9.09. The molecule has 0 aromatic heterocycles. The minimum atomic E-state index is -3.29. The summed E-state index contributed by atoms with van der Waals surface area (Å²) >= 11 is 1.88. The maximum absolute atomic E-state index is 12.0. The summed E-state index contributed by atoms with van der Waals surface area (Å²) in [7, 11) is -3.29. The molecule has 1 fully saturated rings. The molecular formula is C13H19NO3S2. The van der Waals surface area contributed by atoms with Gasteiger partial charge in [-0.15, -0.1) is 0 Å². The van der Waals surface area contributed by atoms with Crippen molar-refractivity contribution in [1.29, 1.82) is 0 Å². The van der Waals surface area contributed by atoms with Crippen LogP contribution in [0.4, 0.5) is 0 Å². The van der Waals surface area contributed by atoms with Gasteiger partial charge in [0.1, 0.15) is 0 Å². The van der Waals surface area contributed by atoms with Crippen LogP contribution in [0.5, 0.6) is 0 Å². The maximum atomic E-state index is 12.0. The number of benzene rings is 1. The molecule has 1 heterocycles. The molecule has 1 aromatic rings. The molecule has 0 spiro atoms. The van der Waals surface area contributed by atoms with E-state index in [2.05, 4.69) is 4.72 Å². The van der Waals surface area contributed by atoms with Crippen LogP contribution in [0, 0.1) is 5.92 Å². The minimum Gasteiger partial charge on any atom is -0.392 e. The van der Waals surface area contributed by atoms with E-state index in [4.69, 9.17) is 5.11 Å². The molecule has 0 bridgehead atoms. The molecule has 2 rings (SSSR count). The fourth-order valence-corrected chi connectivity index (χ4v) is 4.57. The van der Waals surface area contributed by atoms with E-state index in [1.165, 1.54) is 0 Å². The molecule has 0 aliphatic carbocycles. The van der Waals surface area contributed by atoms with Gasteiger partial charge in [-0.1, -0.05) is 24.3 Å². The molecule has 106 valence electrons. The Morgan fingerprint density at radius 3 is 2.84 bits per heavy atom. The summed E-state index contributed by atoms with van der Waals surface area (Å²) in [5.74, 6) is 2.61. The fourth-order valence-electron chi connectivity index (χ4n) is 2.08. The number of aliphatic hydroxyl groups is 1. The lowest BCUT2D eigenvalue weighted by Crippen LogP contribution is -2.30. The Hall–Kier alpha value is -0.560. The topological polar surface area (TPSA) is 66.4 Å². The molecule has 4 nitrogen and oxygen atoms in total. The summed E-state index contributed by atoms with van der Waals surface area (Å²) in [6.45, 7) is 0.468. The molecule has 1 aliphatic rings. The second-order valence-electron chi connectivity index (χ2n) is 4.82. The summed E-state index contributed by atoms with van der Waals surface area (Å²) in [6.07, 6.45) is 1.09. The Labute approximate surface area is 118 Å². The van der Waals surface area contributed by atoms with Gasteiger partial charge in [0.2, 0.25) is 10.0 Å². The average Bonchev–Trinajstić information content (AvgIpc) is 2.89. The zero-order valence-corrected chi connectivity index (χ0v) is 12.3. The highest BCUT2D eigenvalue weighted by Crippen LogP contribution is 2.22. The highest BCUT2D eigenvalue weighted by molar-refractivity contribution is 7.99. The summed E-state index contributed by atoms with van der Waals surface area (Å²) in [5.41, 5.74) is 1.44. The lowest BCUT2D eigenvalue weighted by molar-refractivity contribution is 0.282. The number of rotatable bonds is 6. The van der Waals surface area contributed by atoms with E-state index < -0.39 is 10.0 Å². The number of hydrogen-bond acceptors (Lipinski definition) is 4. The van der Waals surface area contributed by atoms with Crippen molar-refractivity contribution in [2.45, 2.75) is 18.8 Å². The van der Waals surface area contributed by atoms with Crippen molar-refractivity contribution in [3.63, 3.8) is 0 Å². The van der Waals surface area contributed by atoms with Gasteiger partial charge in [-0.2, -0.15) is 11.8 Å². The molecule has 0 amide bonds. The van der Waals surface area contributed by atoms with Crippen molar-refractivity contribution in [2.24, 2.45) is 5.92 Å². The first-order valence-electron chi connectivity index (χ1n) is 6.33. The molecule has 1 atom stereocenters. The van der Waals surface area contributed by atoms with Crippen LogP contribution < -0.4 is 4.72 Å². The van der Waals surface area contributed by atoms with Crippen molar-refractivity contribution < 1.29 is 13.5 Å². The molecule has 2 N–H and O–H groups in total. The van der Waals surface area contributed by atoms with Crippen molar-refractivity contribution in [3.05, 3.63) is 35.4 Å². The van der Waals surface area contributed by atoms with Gasteiger partial charge < -0.3 is 5.11 Å². The Balaban J connectivity index is 1.91. The molecule has 0 saturated carbocycles. The average molecular weight is 301 g/mol. The van der Waals surface area contributed by atoms with Gasteiger partial charge in [0, 0.05) is 6.54 Å². The Bertz CT molecular complexity index is 510. The van der Waals surface area contributed by atoms with E-state index in [-0.39, 0.29) is 12.4 Å². The van der Waals surface area contributed by atoms with Crippen LogP contribution in [-0.2, 0) is 22.4 Å². The SMILES string of the molecule is O=S(=O)(Cc1cccc(CO)c1)NCC1CCSC1. The molecular weight excluding hydrogens is 282 g/mol. The van der Waals surface area contributed by atoms with Crippen molar-refractivity contribution >= 4 is 21.8 Å². The third kappa shape index (κ3) is 4.80. The van der Waals surface area contributed by atoms with E-state index in [0.717, 1.165) is 23.5 Å². The van der Waals surface area contributed by atoms with E-state index >= 15 is 0 Å². The van der Waals surface area contributed by atoms with E-state index in [1.54, 1.807) is 24.3 Å². The summed E-state index contributed by atoms with van der Waals surface area (Å²) in [5, 5.41) is 9.04. The second-order valence-corrected chi connectivity index (χ2v) is 7.77. The standard InChI is InChI=1S/C13H19NO3S2/c15-8-11-2-1-3-12(6-11)10-19(16,17)14-7-13-4-5-18-9-13/h1-3,6,13-15H,4-5,7-10H2. The second kappa shape index (κ2) is 6.74. The van der Waals surface area contributed by atoms with E-state index in [9.17, 15) is 8.42 Å². The summed E-state index contributed by atoms with van der Waals surface area (Å²) < 4.78 is 26.6. The molecule has 1 aromatic carbocycles. The zero-order chi connectivity index (χ0) is 13.7. The van der Waals surface area contributed by atoms with Crippen LogP contribution >= 0.6 is 11.8 Å². The zero-order valence-electron chi connectivity index (χ0n) is 10.7. The largest absolute Gasteiger partial charge is 0.392 e. The van der Waals surface area contributed by atoms with Crippen LogP contribution in [0.2, 0.25) is 0 Å². The molecule has 1 saturated heterocycles. The number of hydrogen-bond donors (Lipinski definition) is 2.